The van der Waals surface area contributed by atoms with E-state index in [1.165, 1.54) is 25.3 Å². The summed E-state index contributed by atoms with van der Waals surface area (Å²) in [5, 5.41) is 11.8. The van der Waals surface area contributed by atoms with Crippen LogP contribution < -0.4 is 5.32 Å². The van der Waals surface area contributed by atoms with Gasteiger partial charge < -0.3 is 15.2 Å². The standard InChI is InChI=1S/C11H14N2O4/c1-3-17-11(16)7(2)13-10(15)9-8(14)5-4-6-12-9/h4-7,14H,3H2,1-2H3,(H,13,15). The predicted octanol–water partition coefficient (Wildman–Crippen LogP) is 0.469. The monoisotopic (exact) mass is 238 g/mol. The summed E-state index contributed by atoms with van der Waals surface area (Å²) in [5.74, 6) is -1.39. The Morgan fingerprint density at radius 2 is 2.29 bits per heavy atom. The number of amides is 1. The molecule has 1 aromatic heterocycles. The quantitative estimate of drug-likeness (QED) is 0.744. The van der Waals surface area contributed by atoms with Gasteiger partial charge in [0.15, 0.2) is 5.69 Å². The lowest BCUT2D eigenvalue weighted by Gasteiger charge is -2.12. The highest BCUT2D eigenvalue weighted by Gasteiger charge is 2.19. The van der Waals surface area contributed by atoms with E-state index in [0.717, 1.165) is 0 Å². The second-order valence-corrected chi connectivity index (χ2v) is 3.32. The van der Waals surface area contributed by atoms with E-state index in [2.05, 4.69) is 10.3 Å². The largest absolute Gasteiger partial charge is 0.505 e. The van der Waals surface area contributed by atoms with E-state index in [-0.39, 0.29) is 18.1 Å². The number of aromatic hydroxyl groups is 1. The van der Waals surface area contributed by atoms with Crippen LogP contribution >= 0.6 is 0 Å². The molecule has 0 saturated carbocycles. The van der Waals surface area contributed by atoms with Gasteiger partial charge in [0.05, 0.1) is 6.61 Å². The molecule has 17 heavy (non-hydrogen) atoms. The minimum Gasteiger partial charge on any atom is -0.505 e. The molecule has 0 saturated heterocycles. The van der Waals surface area contributed by atoms with Gasteiger partial charge in [-0.25, -0.2) is 9.78 Å². The summed E-state index contributed by atoms with van der Waals surface area (Å²) < 4.78 is 4.73. The normalized spacial score (nSPS) is 11.6. The molecule has 1 heterocycles. The Bertz CT molecular complexity index is 420. The fraction of sp³-hybridized carbons (Fsp3) is 0.364. The molecule has 1 amide bonds. The molecule has 0 fully saturated rings. The number of hydrogen-bond donors (Lipinski definition) is 2. The zero-order valence-electron chi connectivity index (χ0n) is 9.64. The SMILES string of the molecule is CCOC(=O)C(C)NC(=O)c1ncccc1O. The van der Waals surface area contributed by atoms with Gasteiger partial charge in [0.2, 0.25) is 0 Å². The van der Waals surface area contributed by atoms with Crippen molar-refractivity contribution in [3.05, 3.63) is 24.0 Å². The molecule has 0 aliphatic carbocycles. The number of nitrogens with one attached hydrogen (secondary N) is 1. The smallest absolute Gasteiger partial charge is 0.328 e. The highest BCUT2D eigenvalue weighted by atomic mass is 16.5. The first-order chi connectivity index (χ1) is 8.06. The second-order valence-electron chi connectivity index (χ2n) is 3.32. The first-order valence-electron chi connectivity index (χ1n) is 5.17. The Morgan fingerprint density at radius 1 is 1.59 bits per heavy atom. The molecule has 6 nitrogen and oxygen atoms in total. The van der Waals surface area contributed by atoms with Gasteiger partial charge in [0.25, 0.3) is 5.91 Å². The van der Waals surface area contributed by atoms with Crippen molar-refractivity contribution in [1.82, 2.24) is 10.3 Å². The molecule has 1 atom stereocenters. The number of ether oxygens (including phenoxy) is 1. The third-order valence-electron chi connectivity index (χ3n) is 1.99. The number of pyridine rings is 1. The highest BCUT2D eigenvalue weighted by Crippen LogP contribution is 2.12. The summed E-state index contributed by atoms with van der Waals surface area (Å²) in [5.41, 5.74) is -0.122. The number of hydrogen-bond acceptors (Lipinski definition) is 5. The van der Waals surface area contributed by atoms with Crippen molar-refractivity contribution in [3.63, 3.8) is 0 Å². The predicted molar refractivity (Wildman–Crippen MR) is 59.5 cm³/mol. The summed E-state index contributed by atoms with van der Waals surface area (Å²) in [4.78, 5) is 26.6. The maximum absolute atomic E-state index is 11.6. The van der Waals surface area contributed by atoms with Gasteiger partial charge in [0, 0.05) is 6.20 Å². The molecule has 0 bridgehead atoms. The van der Waals surface area contributed by atoms with Gasteiger partial charge in [0.1, 0.15) is 11.8 Å². The minimum atomic E-state index is -0.788. The third-order valence-corrected chi connectivity index (χ3v) is 1.99. The summed E-state index contributed by atoms with van der Waals surface area (Å²) >= 11 is 0. The first kappa shape index (κ1) is 13.0. The number of esters is 1. The number of aromatic nitrogens is 1. The van der Waals surface area contributed by atoms with E-state index in [1.54, 1.807) is 6.92 Å². The second kappa shape index (κ2) is 5.83. The Hall–Kier alpha value is -2.11. The van der Waals surface area contributed by atoms with Crippen LogP contribution in [0.15, 0.2) is 18.3 Å². The molecule has 0 aliphatic heterocycles. The van der Waals surface area contributed by atoms with Crippen LogP contribution in [0, 0.1) is 0 Å². The first-order valence-corrected chi connectivity index (χ1v) is 5.17. The minimum absolute atomic E-state index is 0.122. The van der Waals surface area contributed by atoms with Gasteiger partial charge >= 0.3 is 5.97 Å². The Balaban J connectivity index is 2.67. The molecule has 0 aromatic carbocycles. The Labute approximate surface area is 98.6 Å². The molecule has 92 valence electrons. The van der Waals surface area contributed by atoms with Crippen molar-refractivity contribution in [2.75, 3.05) is 6.61 Å². The van der Waals surface area contributed by atoms with Crippen molar-refractivity contribution in [2.45, 2.75) is 19.9 Å². The molecule has 0 radical (unpaired) electrons. The lowest BCUT2D eigenvalue weighted by molar-refractivity contribution is -0.144. The van der Waals surface area contributed by atoms with Gasteiger partial charge in [-0.3, -0.25) is 4.79 Å². The number of carbonyl (C=O) groups is 2. The Morgan fingerprint density at radius 3 is 2.88 bits per heavy atom. The maximum Gasteiger partial charge on any atom is 0.328 e. The molecule has 1 rings (SSSR count). The maximum atomic E-state index is 11.6. The number of nitrogens with zero attached hydrogens (tertiary/aromatic N) is 1. The topological polar surface area (TPSA) is 88.5 Å². The van der Waals surface area contributed by atoms with E-state index in [9.17, 15) is 14.7 Å². The molecule has 6 heteroatoms. The average Bonchev–Trinajstić information content (AvgIpc) is 2.29. The summed E-state index contributed by atoms with van der Waals surface area (Å²) in [6, 6.07) is 2.06. The van der Waals surface area contributed by atoms with Crippen LogP contribution in [0.5, 0.6) is 5.75 Å². The van der Waals surface area contributed by atoms with Crippen molar-refractivity contribution in [3.8, 4) is 5.75 Å². The van der Waals surface area contributed by atoms with Crippen molar-refractivity contribution in [2.24, 2.45) is 0 Å². The molecule has 2 N–H and O–H groups in total. The van der Waals surface area contributed by atoms with Crippen molar-refractivity contribution < 1.29 is 19.4 Å². The molecule has 1 aromatic rings. The van der Waals surface area contributed by atoms with Crippen LogP contribution in [0.4, 0.5) is 0 Å². The molecular formula is C11H14N2O4. The Kier molecular flexibility index (Phi) is 4.45. The molecule has 0 spiro atoms. The van der Waals surface area contributed by atoms with Gasteiger partial charge in [-0.15, -0.1) is 0 Å². The van der Waals surface area contributed by atoms with Crippen molar-refractivity contribution in [1.29, 1.82) is 0 Å². The average molecular weight is 238 g/mol. The van der Waals surface area contributed by atoms with Crippen LogP contribution in [-0.4, -0.2) is 34.6 Å². The zero-order chi connectivity index (χ0) is 12.8. The fourth-order valence-corrected chi connectivity index (χ4v) is 1.16. The van der Waals surface area contributed by atoms with Gasteiger partial charge in [-0.05, 0) is 26.0 Å². The lowest BCUT2D eigenvalue weighted by atomic mass is 10.2. The summed E-state index contributed by atoms with van der Waals surface area (Å²) in [6.45, 7) is 3.42. The highest BCUT2D eigenvalue weighted by molar-refractivity contribution is 5.97. The van der Waals surface area contributed by atoms with Crippen LogP contribution in [-0.2, 0) is 9.53 Å². The van der Waals surface area contributed by atoms with E-state index in [0.29, 0.717) is 0 Å². The van der Waals surface area contributed by atoms with Gasteiger partial charge in [-0.1, -0.05) is 0 Å². The lowest BCUT2D eigenvalue weighted by Crippen LogP contribution is -2.39. The van der Waals surface area contributed by atoms with Gasteiger partial charge in [-0.2, -0.15) is 0 Å². The number of rotatable bonds is 4. The molecular weight excluding hydrogens is 224 g/mol. The third kappa shape index (κ3) is 3.44. The zero-order valence-corrected chi connectivity index (χ0v) is 9.64. The van der Waals surface area contributed by atoms with E-state index >= 15 is 0 Å². The van der Waals surface area contributed by atoms with E-state index in [1.807, 2.05) is 0 Å². The fourth-order valence-electron chi connectivity index (χ4n) is 1.16. The molecule has 1 unspecified atom stereocenters. The van der Waals surface area contributed by atoms with Crippen LogP contribution in [0.25, 0.3) is 0 Å². The van der Waals surface area contributed by atoms with E-state index in [4.69, 9.17) is 4.74 Å². The summed E-state index contributed by atoms with van der Waals surface area (Å²) in [6.07, 6.45) is 1.38. The summed E-state index contributed by atoms with van der Waals surface area (Å²) in [7, 11) is 0. The molecule has 0 aliphatic rings. The van der Waals surface area contributed by atoms with E-state index < -0.39 is 17.9 Å². The van der Waals surface area contributed by atoms with Crippen LogP contribution in [0.1, 0.15) is 24.3 Å². The number of carbonyl (C=O) groups excluding carboxylic acids is 2. The van der Waals surface area contributed by atoms with Crippen LogP contribution in [0.3, 0.4) is 0 Å². The van der Waals surface area contributed by atoms with Crippen molar-refractivity contribution >= 4 is 11.9 Å². The van der Waals surface area contributed by atoms with Crippen LogP contribution in [0.2, 0.25) is 0 Å².